The molecule has 2 amide bonds. The lowest BCUT2D eigenvalue weighted by molar-refractivity contribution is -0.125. The molecule has 5 heteroatoms. The molecule has 0 bridgehead atoms. The maximum atomic E-state index is 11.9. The highest BCUT2D eigenvalue weighted by molar-refractivity contribution is 5.82. The average molecular weight is 271 g/mol. The van der Waals surface area contributed by atoms with Gasteiger partial charge in [-0.05, 0) is 41.0 Å². The maximum Gasteiger partial charge on any atom is 0.237 e. The Morgan fingerprint density at radius 2 is 1.74 bits per heavy atom. The second-order valence-corrected chi connectivity index (χ2v) is 5.87. The predicted molar refractivity (Wildman–Crippen MR) is 77.9 cm³/mol. The average Bonchev–Trinajstić information content (AvgIpc) is 2.27. The van der Waals surface area contributed by atoms with Gasteiger partial charge >= 0.3 is 0 Å². The molecule has 1 unspecified atom stereocenters. The molecule has 0 aliphatic heterocycles. The summed E-state index contributed by atoms with van der Waals surface area (Å²) in [6, 6.07) is -0.142. The van der Waals surface area contributed by atoms with E-state index in [0.29, 0.717) is 13.0 Å². The van der Waals surface area contributed by atoms with Gasteiger partial charge in [-0.25, -0.2) is 0 Å². The van der Waals surface area contributed by atoms with Gasteiger partial charge in [0.05, 0.1) is 6.04 Å². The molecular formula is C14H29N3O2. The third-order valence-electron chi connectivity index (χ3n) is 2.99. The molecule has 0 spiro atoms. The number of rotatable bonds is 8. The lowest BCUT2D eigenvalue weighted by atomic mass is 10.0. The Morgan fingerprint density at radius 3 is 2.21 bits per heavy atom. The molecule has 0 rings (SSSR count). The Kier molecular flexibility index (Phi) is 7.68. The zero-order valence-electron chi connectivity index (χ0n) is 13.1. The monoisotopic (exact) mass is 271 g/mol. The van der Waals surface area contributed by atoms with Crippen LogP contribution in [0.15, 0.2) is 0 Å². The van der Waals surface area contributed by atoms with Crippen molar-refractivity contribution in [2.24, 2.45) is 0 Å². The smallest absolute Gasteiger partial charge is 0.237 e. The van der Waals surface area contributed by atoms with Crippen molar-refractivity contribution >= 4 is 11.8 Å². The highest BCUT2D eigenvalue weighted by Crippen LogP contribution is 2.06. The molecule has 0 aliphatic carbocycles. The Bertz CT molecular complexity index is 301. The lowest BCUT2D eigenvalue weighted by Gasteiger charge is -2.26. The van der Waals surface area contributed by atoms with Crippen LogP contribution in [0.25, 0.3) is 0 Å². The van der Waals surface area contributed by atoms with Crippen LogP contribution in [0.1, 0.15) is 54.4 Å². The summed E-state index contributed by atoms with van der Waals surface area (Å²) in [5, 5.41) is 8.85. The van der Waals surface area contributed by atoms with Crippen molar-refractivity contribution < 1.29 is 9.59 Å². The molecule has 5 nitrogen and oxygen atoms in total. The Balaban J connectivity index is 3.95. The SMILES string of the molecule is CCC(C)(C)NC(=O)C(C)NCCC(=O)NC(C)C. The minimum Gasteiger partial charge on any atom is -0.354 e. The molecule has 19 heavy (non-hydrogen) atoms. The molecule has 0 saturated carbocycles. The molecular weight excluding hydrogens is 242 g/mol. The van der Waals surface area contributed by atoms with Crippen LogP contribution >= 0.6 is 0 Å². The van der Waals surface area contributed by atoms with E-state index in [9.17, 15) is 9.59 Å². The highest BCUT2D eigenvalue weighted by atomic mass is 16.2. The van der Waals surface area contributed by atoms with E-state index in [1.54, 1.807) is 6.92 Å². The first-order valence-corrected chi connectivity index (χ1v) is 7.02. The van der Waals surface area contributed by atoms with Crippen molar-refractivity contribution in [3.63, 3.8) is 0 Å². The van der Waals surface area contributed by atoms with E-state index < -0.39 is 0 Å². The summed E-state index contributed by atoms with van der Waals surface area (Å²) in [6.45, 7) is 12.2. The van der Waals surface area contributed by atoms with Crippen molar-refractivity contribution in [2.75, 3.05) is 6.54 Å². The zero-order valence-corrected chi connectivity index (χ0v) is 13.1. The number of carbonyl (C=O) groups is 2. The molecule has 0 aliphatic rings. The van der Waals surface area contributed by atoms with Crippen molar-refractivity contribution in [2.45, 2.75) is 72.0 Å². The molecule has 0 aromatic heterocycles. The van der Waals surface area contributed by atoms with Gasteiger partial charge in [-0.3, -0.25) is 9.59 Å². The van der Waals surface area contributed by atoms with Crippen molar-refractivity contribution in [1.82, 2.24) is 16.0 Å². The number of hydrogen-bond donors (Lipinski definition) is 3. The topological polar surface area (TPSA) is 70.2 Å². The summed E-state index contributed by atoms with van der Waals surface area (Å²) in [5.41, 5.74) is -0.192. The highest BCUT2D eigenvalue weighted by Gasteiger charge is 2.21. The van der Waals surface area contributed by atoms with Crippen LogP contribution in [-0.4, -0.2) is 36.0 Å². The second kappa shape index (κ2) is 8.15. The summed E-state index contributed by atoms with van der Waals surface area (Å²) in [6.07, 6.45) is 1.26. The predicted octanol–water partition coefficient (Wildman–Crippen LogP) is 1.18. The molecule has 0 heterocycles. The zero-order chi connectivity index (χ0) is 15.1. The minimum absolute atomic E-state index is 0.00370. The van der Waals surface area contributed by atoms with E-state index in [-0.39, 0.29) is 29.4 Å². The lowest BCUT2D eigenvalue weighted by Crippen LogP contribution is -2.51. The van der Waals surface area contributed by atoms with Crippen LogP contribution in [0.3, 0.4) is 0 Å². The van der Waals surface area contributed by atoms with Crippen LogP contribution < -0.4 is 16.0 Å². The normalized spacial score (nSPS) is 13.2. The summed E-state index contributed by atoms with van der Waals surface area (Å²) in [7, 11) is 0. The van der Waals surface area contributed by atoms with Crippen molar-refractivity contribution in [1.29, 1.82) is 0 Å². The van der Waals surface area contributed by atoms with Gasteiger partial charge in [-0.15, -0.1) is 0 Å². The van der Waals surface area contributed by atoms with Crippen LogP contribution in [0.4, 0.5) is 0 Å². The van der Waals surface area contributed by atoms with Gasteiger partial charge in [0.25, 0.3) is 0 Å². The number of amides is 2. The standard InChI is InChI=1S/C14H29N3O2/c1-7-14(5,6)17-13(19)11(4)15-9-8-12(18)16-10(2)3/h10-11,15H,7-9H2,1-6H3,(H,16,18)(H,17,19). The first kappa shape index (κ1) is 17.9. The van der Waals surface area contributed by atoms with Gasteiger partial charge in [0.1, 0.15) is 0 Å². The van der Waals surface area contributed by atoms with Crippen LogP contribution in [-0.2, 0) is 9.59 Å². The molecule has 0 aromatic carbocycles. The number of nitrogens with one attached hydrogen (secondary N) is 3. The molecule has 112 valence electrons. The fourth-order valence-corrected chi connectivity index (χ4v) is 1.42. The summed E-state index contributed by atoms with van der Waals surface area (Å²) >= 11 is 0. The van der Waals surface area contributed by atoms with Crippen LogP contribution in [0.2, 0.25) is 0 Å². The molecule has 0 saturated heterocycles. The third kappa shape index (κ3) is 8.59. The van der Waals surface area contributed by atoms with Gasteiger partial charge in [0.15, 0.2) is 0 Å². The molecule has 3 N–H and O–H groups in total. The first-order valence-electron chi connectivity index (χ1n) is 7.02. The molecule has 0 fully saturated rings. The van der Waals surface area contributed by atoms with Crippen molar-refractivity contribution in [3.8, 4) is 0 Å². The van der Waals surface area contributed by atoms with E-state index in [0.717, 1.165) is 6.42 Å². The van der Waals surface area contributed by atoms with Gasteiger partial charge in [0, 0.05) is 24.5 Å². The number of hydrogen-bond acceptors (Lipinski definition) is 3. The van der Waals surface area contributed by atoms with Crippen LogP contribution in [0.5, 0.6) is 0 Å². The molecule has 0 radical (unpaired) electrons. The van der Waals surface area contributed by atoms with Crippen LogP contribution in [0, 0.1) is 0 Å². The van der Waals surface area contributed by atoms with E-state index in [1.165, 1.54) is 0 Å². The van der Waals surface area contributed by atoms with Gasteiger partial charge in [-0.2, -0.15) is 0 Å². The fraction of sp³-hybridized carbons (Fsp3) is 0.857. The summed E-state index contributed by atoms with van der Waals surface area (Å²) in [5.74, 6) is -0.0277. The number of carbonyl (C=O) groups excluding carboxylic acids is 2. The van der Waals surface area contributed by atoms with Gasteiger partial charge in [-0.1, -0.05) is 6.92 Å². The Hall–Kier alpha value is -1.10. The Labute approximate surface area is 116 Å². The fourth-order valence-electron chi connectivity index (χ4n) is 1.42. The minimum atomic E-state index is -0.294. The van der Waals surface area contributed by atoms with E-state index in [4.69, 9.17) is 0 Å². The van der Waals surface area contributed by atoms with Crippen molar-refractivity contribution in [3.05, 3.63) is 0 Å². The van der Waals surface area contributed by atoms with Gasteiger partial charge < -0.3 is 16.0 Å². The van der Waals surface area contributed by atoms with E-state index >= 15 is 0 Å². The largest absolute Gasteiger partial charge is 0.354 e. The summed E-state index contributed by atoms with van der Waals surface area (Å²) < 4.78 is 0. The second-order valence-electron chi connectivity index (χ2n) is 5.87. The maximum absolute atomic E-state index is 11.9. The van der Waals surface area contributed by atoms with Gasteiger partial charge in [0.2, 0.25) is 11.8 Å². The summed E-state index contributed by atoms with van der Waals surface area (Å²) in [4.78, 5) is 23.3. The Morgan fingerprint density at radius 1 is 1.16 bits per heavy atom. The first-order chi connectivity index (χ1) is 8.68. The van der Waals surface area contributed by atoms with E-state index in [2.05, 4.69) is 16.0 Å². The third-order valence-corrected chi connectivity index (χ3v) is 2.99. The quantitative estimate of drug-likeness (QED) is 0.621. The molecule has 0 aromatic rings. The molecule has 1 atom stereocenters. The van der Waals surface area contributed by atoms with E-state index in [1.807, 2.05) is 34.6 Å².